The average Bonchev–Trinajstić information content (AvgIpc) is 2.75. The van der Waals surface area contributed by atoms with Gasteiger partial charge in [0.25, 0.3) is 5.91 Å². The van der Waals surface area contributed by atoms with E-state index in [4.69, 9.17) is 0 Å². The third kappa shape index (κ3) is 5.15. The Kier molecular flexibility index (Phi) is 6.82. The number of sulfonamides is 1. The molecule has 0 bridgehead atoms. The lowest BCUT2D eigenvalue weighted by Gasteiger charge is -2.24. The highest BCUT2D eigenvalue weighted by Gasteiger charge is 2.25. The largest absolute Gasteiger partial charge is 0.330 e. The molecular formula is C23H26N4O3S. The van der Waals surface area contributed by atoms with Crippen molar-refractivity contribution < 1.29 is 13.2 Å². The van der Waals surface area contributed by atoms with Gasteiger partial charge in [-0.1, -0.05) is 6.07 Å². The molecule has 0 N–H and O–H groups in total. The van der Waals surface area contributed by atoms with Crippen LogP contribution in [0.4, 0.5) is 0 Å². The summed E-state index contributed by atoms with van der Waals surface area (Å²) < 4.78 is 26.8. The topological polar surface area (TPSA) is 83.5 Å². The van der Waals surface area contributed by atoms with Gasteiger partial charge in [0.15, 0.2) is 0 Å². The smallest absolute Gasteiger partial charge is 0.254 e. The van der Waals surface area contributed by atoms with Gasteiger partial charge in [0, 0.05) is 57.5 Å². The number of hydrogen-bond donors (Lipinski definition) is 0. The summed E-state index contributed by atoms with van der Waals surface area (Å²) in [6.07, 6.45) is 6.76. The van der Waals surface area contributed by atoms with Crippen LogP contribution < -0.4 is 0 Å². The number of benzene rings is 1. The van der Waals surface area contributed by atoms with Crippen molar-refractivity contribution in [2.24, 2.45) is 0 Å². The molecule has 0 aliphatic rings. The van der Waals surface area contributed by atoms with Crippen LogP contribution in [0.3, 0.4) is 0 Å². The van der Waals surface area contributed by atoms with Crippen LogP contribution in [0.1, 0.15) is 32.6 Å². The van der Waals surface area contributed by atoms with Crippen LogP contribution in [-0.4, -0.2) is 47.6 Å². The van der Waals surface area contributed by atoms with Crippen molar-refractivity contribution in [2.75, 3.05) is 14.1 Å². The minimum atomic E-state index is -3.69. The van der Waals surface area contributed by atoms with Crippen molar-refractivity contribution in [1.29, 1.82) is 0 Å². The first kappa shape index (κ1) is 22.6. The molecule has 0 aliphatic heterocycles. The normalized spacial score (nSPS) is 11.5. The number of carbonyl (C=O) groups is 1. The monoisotopic (exact) mass is 438 g/mol. The van der Waals surface area contributed by atoms with Crippen LogP contribution in [0, 0.1) is 13.8 Å². The molecule has 0 aliphatic carbocycles. The SMILES string of the molecule is Cc1cc(C(=O)N(Cc2ccncc2)Cc2cccnc2)cc(S(=O)(=O)N(C)C)c1C. The summed E-state index contributed by atoms with van der Waals surface area (Å²) in [6.45, 7) is 4.27. The molecule has 2 aromatic heterocycles. The van der Waals surface area contributed by atoms with Gasteiger partial charge in [-0.05, 0) is 66.4 Å². The minimum Gasteiger partial charge on any atom is -0.330 e. The van der Waals surface area contributed by atoms with Crippen LogP contribution in [0.5, 0.6) is 0 Å². The fourth-order valence-electron chi connectivity index (χ4n) is 3.22. The lowest BCUT2D eigenvalue weighted by molar-refractivity contribution is 0.0729. The third-order valence-corrected chi connectivity index (χ3v) is 7.07. The van der Waals surface area contributed by atoms with Gasteiger partial charge in [-0.25, -0.2) is 12.7 Å². The summed E-state index contributed by atoms with van der Waals surface area (Å²) in [5.41, 5.74) is 3.53. The first-order chi connectivity index (χ1) is 14.7. The zero-order valence-electron chi connectivity index (χ0n) is 18.1. The van der Waals surface area contributed by atoms with Crippen molar-refractivity contribution in [3.05, 3.63) is 89.0 Å². The highest BCUT2D eigenvalue weighted by Crippen LogP contribution is 2.25. The lowest BCUT2D eigenvalue weighted by Crippen LogP contribution is -2.31. The Labute approximate surface area is 183 Å². The standard InChI is InChI=1S/C23H26N4O3S/c1-17-12-21(13-22(18(17)2)31(29,30)26(3)4)23(28)27(15-19-7-10-24-11-8-19)16-20-6-5-9-25-14-20/h5-14H,15-16H2,1-4H3. The molecule has 3 rings (SSSR count). The Balaban J connectivity index is 2.03. The quantitative estimate of drug-likeness (QED) is 0.566. The van der Waals surface area contributed by atoms with Crippen molar-refractivity contribution in [1.82, 2.24) is 19.2 Å². The number of aromatic nitrogens is 2. The van der Waals surface area contributed by atoms with Gasteiger partial charge in [-0.15, -0.1) is 0 Å². The molecule has 162 valence electrons. The summed E-state index contributed by atoms with van der Waals surface area (Å²) in [7, 11) is -0.719. The Bertz CT molecular complexity index is 1120. The molecule has 0 unspecified atom stereocenters. The molecule has 0 saturated carbocycles. The number of hydrogen-bond acceptors (Lipinski definition) is 5. The molecule has 0 radical (unpaired) electrons. The van der Waals surface area contributed by atoms with E-state index in [1.165, 1.54) is 20.2 Å². The van der Waals surface area contributed by atoms with Crippen molar-refractivity contribution >= 4 is 15.9 Å². The number of pyridine rings is 2. The molecule has 2 heterocycles. The molecule has 8 heteroatoms. The van der Waals surface area contributed by atoms with Gasteiger partial charge >= 0.3 is 0 Å². The lowest BCUT2D eigenvalue weighted by atomic mass is 10.0. The maximum atomic E-state index is 13.5. The Morgan fingerprint density at radius 1 is 0.935 bits per heavy atom. The van der Waals surface area contributed by atoms with Crippen molar-refractivity contribution in [2.45, 2.75) is 31.8 Å². The maximum absolute atomic E-state index is 13.5. The van der Waals surface area contributed by atoms with Gasteiger partial charge in [-0.2, -0.15) is 0 Å². The van der Waals surface area contributed by atoms with E-state index in [9.17, 15) is 13.2 Å². The van der Waals surface area contributed by atoms with E-state index in [0.29, 0.717) is 24.2 Å². The van der Waals surface area contributed by atoms with Gasteiger partial charge in [0.05, 0.1) is 4.90 Å². The minimum absolute atomic E-state index is 0.145. The van der Waals surface area contributed by atoms with Crippen LogP contribution in [-0.2, 0) is 23.1 Å². The molecule has 0 saturated heterocycles. The molecule has 0 spiro atoms. The van der Waals surface area contributed by atoms with Gasteiger partial charge in [0.1, 0.15) is 0 Å². The molecule has 1 amide bonds. The summed E-state index contributed by atoms with van der Waals surface area (Å²) in [5.74, 6) is -0.251. The van der Waals surface area contributed by atoms with Crippen LogP contribution in [0.25, 0.3) is 0 Å². The van der Waals surface area contributed by atoms with Crippen LogP contribution in [0.2, 0.25) is 0 Å². The van der Waals surface area contributed by atoms with Crippen LogP contribution >= 0.6 is 0 Å². The molecule has 31 heavy (non-hydrogen) atoms. The predicted octanol–water partition coefficient (Wildman–Crippen LogP) is 3.19. The molecule has 0 fully saturated rings. The second-order valence-electron chi connectivity index (χ2n) is 7.58. The van der Waals surface area contributed by atoms with E-state index in [-0.39, 0.29) is 10.8 Å². The number of amides is 1. The third-order valence-electron chi connectivity index (χ3n) is 5.13. The number of aryl methyl sites for hydroxylation is 1. The summed E-state index contributed by atoms with van der Waals surface area (Å²) >= 11 is 0. The fourth-order valence-corrected chi connectivity index (χ4v) is 4.44. The number of carbonyl (C=O) groups excluding carboxylic acids is 1. The predicted molar refractivity (Wildman–Crippen MR) is 119 cm³/mol. The zero-order chi connectivity index (χ0) is 22.6. The van der Waals surface area contributed by atoms with Crippen molar-refractivity contribution in [3.8, 4) is 0 Å². The Morgan fingerprint density at radius 2 is 1.61 bits per heavy atom. The zero-order valence-corrected chi connectivity index (χ0v) is 18.9. The fraction of sp³-hybridized carbons (Fsp3) is 0.261. The summed E-state index contributed by atoms with van der Waals surface area (Å²) in [4.78, 5) is 23.5. The summed E-state index contributed by atoms with van der Waals surface area (Å²) in [5, 5.41) is 0. The van der Waals surface area contributed by atoms with Crippen molar-refractivity contribution in [3.63, 3.8) is 0 Å². The van der Waals surface area contributed by atoms with E-state index >= 15 is 0 Å². The van der Waals surface area contributed by atoms with E-state index in [1.54, 1.807) is 42.7 Å². The second kappa shape index (κ2) is 9.36. The average molecular weight is 439 g/mol. The van der Waals surface area contributed by atoms with E-state index in [0.717, 1.165) is 21.0 Å². The van der Waals surface area contributed by atoms with Gasteiger partial charge in [0.2, 0.25) is 10.0 Å². The molecule has 1 aromatic carbocycles. The molecule has 0 atom stereocenters. The second-order valence-corrected chi connectivity index (χ2v) is 9.70. The highest BCUT2D eigenvalue weighted by atomic mass is 32.2. The molecule has 3 aromatic rings. The first-order valence-corrected chi connectivity index (χ1v) is 11.2. The number of rotatable bonds is 7. The van der Waals surface area contributed by atoms with Gasteiger partial charge in [-0.3, -0.25) is 14.8 Å². The van der Waals surface area contributed by atoms with E-state index in [2.05, 4.69) is 9.97 Å². The first-order valence-electron chi connectivity index (χ1n) is 9.81. The van der Waals surface area contributed by atoms with E-state index < -0.39 is 10.0 Å². The highest BCUT2D eigenvalue weighted by molar-refractivity contribution is 7.89. The summed E-state index contributed by atoms with van der Waals surface area (Å²) in [6, 6.07) is 10.7. The van der Waals surface area contributed by atoms with E-state index in [1.807, 2.05) is 31.2 Å². The molecular weight excluding hydrogens is 412 g/mol. The Hall–Kier alpha value is -3.10. The number of nitrogens with zero attached hydrogens (tertiary/aromatic N) is 4. The maximum Gasteiger partial charge on any atom is 0.254 e. The van der Waals surface area contributed by atoms with Crippen LogP contribution in [0.15, 0.2) is 66.1 Å². The van der Waals surface area contributed by atoms with Gasteiger partial charge < -0.3 is 4.90 Å². The molecule has 7 nitrogen and oxygen atoms in total. The Morgan fingerprint density at radius 3 is 2.23 bits per heavy atom.